The van der Waals surface area contributed by atoms with Gasteiger partial charge in [-0.25, -0.2) is 8.42 Å². The number of allylic oxidation sites excluding steroid dienone is 3. The minimum absolute atomic E-state index is 0.323. The fourth-order valence-electron chi connectivity index (χ4n) is 2.10. The predicted molar refractivity (Wildman–Crippen MR) is 60.8 cm³/mol. The van der Waals surface area contributed by atoms with Crippen LogP contribution in [0.25, 0.3) is 0 Å². The van der Waals surface area contributed by atoms with E-state index in [0.29, 0.717) is 17.9 Å². The van der Waals surface area contributed by atoms with Gasteiger partial charge in [0, 0.05) is 18.5 Å². The summed E-state index contributed by atoms with van der Waals surface area (Å²) in [5, 5.41) is 0. The monoisotopic (exact) mass is 227 g/mol. The predicted octanol–water partition coefficient (Wildman–Crippen LogP) is 2.03. The highest BCUT2D eigenvalue weighted by Gasteiger charge is 2.42. The Balaban J connectivity index is 2.41. The highest BCUT2D eigenvalue weighted by molar-refractivity contribution is 7.93. The van der Waals surface area contributed by atoms with Gasteiger partial charge >= 0.3 is 0 Å². The maximum absolute atomic E-state index is 12.2. The molecular weight excluding hydrogens is 210 g/mol. The van der Waals surface area contributed by atoms with Gasteiger partial charge < -0.3 is 0 Å². The lowest BCUT2D eigenvalue weighted by molar-refractivity contribution is 0.273. The van der Waals surface area contributed by atoms with E-state index in [1.165, 1.54) is 0 Å². The summed E-state index contributed by atoms with van der Waals surface area (Å²) in [7, 11) is -3.18. The molecule has 0 aromatic carbocycles. The Morgan fingerprint density at radius 3 is 2.33 bits per heavy atom. The van der Waals surface area contributed by atoms with E-state index < -0.39 is 10.0 Å². The van der Waals surface area contributed by atoms with Crippen molar-refractivity contribution in [2.75, 3.05) is 6.54 Å². The van der Waals surface area contributed by atoms with E-state index in [0.717, 1.165) is 12.0 Å². The van der Waals surface area contributed by atoms with E-state index in [1.54, 1.807) is 4.31 Å². The van der Waals surface area contributed by atoms with Crippen molar-refractivity contribution in [2.45, 2.75) is 39.2 Å². The average molecular weight is 227 g/mol. The third-order valence-corrected chi connectivity index (χ3v) is 5.25. The van der Waals surface area contributed by atoms with E-state index in [1.807, 2.05) is 26.8 Å². The quantitative estimate of drug-likeness (QED) is 0.594. The topological polar surface area (TPSA) is 37.4 Å². The van der Waals surface area contributed by atoms with Gasteiger partial charge in [0.25, 0.3) is 0 Å². The van der Waals surface area contributed by atoms with E-state index in [9.17, 15) is 8.42 Å². The van der Waals surface area contributed by atoms with Crippen molar-refractivity contribution in [1.29, 1.82) is 0 Å². The fourth-order valence-corrected chi connectivity index (χ4v) is 4.24. The van der Waals surface area contributed by atoms with Crippen molar-refractivity contribution in [3.8, 4) is 0 Å². The van der Waals surface area contributed by atoms with Crippen molar-refractivity contribution in [3.63, 3.8) is 0 Å². The van der Waals surface area contributed by atoms with Gasteiger partial charge in [-0.2, -0.15) is 4.31 Å². The summed E-state index contributed by atoms with van der Waals surface area (Å²) in [5.74, 6) is 0. The first-order chi connectivity index (χ1) is 6.83. The van der Waals surface area contributed by atoms with Gasteiger partial charge in [0.2, 0.25) is 10.0 Å². The minimum atomic E-state index is -3.18. The van der Waals surface area contributed by atoms with Crippen molar-refractivity contribution >= 4 is 10.0 Å². The molecule has 0 saturated heterocycles. The van der Waals surface area contributed by atoms with Crippen LogP contribution in [0, 0.1) is 0 Å². The molecule has 2 rings (SSSR count). The van der Waals surface area contributed by atoms with Gasteiger partial charge in [0.05, 0.1) is 4.91 Å². The molecule has 4 heteroatoms. The van der Waals surface area contributed by atoms with Gasteiger partial charge in [0.15, 0.2) is 0 Å². The zero-order valence-corrected chi connectivity index (χ0v) is 10.3. The number of sulfonamides is 1. The van der Waals surface area contributed by atoms with Crippen LogP contribution >= 0.6 is 0 Å². The largest absolute Gasteiger partial charge is 0.240 e. The van der Waals surface area contributed by atoms with E-state index in [4.69, 9.17) is 0 Å². The van der Waals surface area contributed by atoms with Crippen molar-refractivity contribution < 1.29 is 8.42 Å². The molecule has 0 N–H and O–H groups in total. The molecule has 0 aromatic rings. The zero-order chi connectivity index (χ0) is 11.3. The van der Waals surface area contributed by atoms with Crippen LogP contribution in [0.3, 0.4) is 0 Å². The SMILES string of the molecule is CC(C)(C)N1CC2=C(CC=CC2)S1(=O)=O. The number of rotatable bonds is 0. The smallest absolute Gasteiger partial charge is 0.207 e. The lowest BCUT2D eigenvalue weighted by Crippen LogP contribution is -2.43. The molecule has 0 spiro atoms. The molecule has 0 unspecified atom stereocenters. The molecule has 0 radical (unpaired) electrons. The van der Waals surface area contributed by atoms with Crippen LogP contribution < -0.4 is 0 Å². The summed E-state index contributed by atoms with van der Waals surface area (Å²) >= 11 is 0. The van der Waals surface area contributed by atoms with E-state index in [-0.39, 0.29) is 5.54 Å². The maximum Gasteiger partial charge on any atom is 0.240 e. The molecule has 84 valence electrons. The van der Waals surface area contributed by atoms with Crippen LogP contribution in [0.2, 0.25) is 0 Å². The summed E-state index contributed by atoms with van der Waals surface area (Å²) in [6.45, 7) is 6.40. The van der Waals surface area contributed by atoms with Gasteiger partial charge in [0.1, 0.15) is 0 Å². The average Bonchev–Trinajstić information content (AvgIpc) is 2.39. The van der Waals surface area contributed by atoms with E-state index >= 15 is 0 Å². The second kappa shape index (κ2) is 3.19. The van der Waals surface area contributed by atoms with Crippen LogP contribution in [0.4, 0.5) is 0 Å². The zero-order valence-electron chi connectivity index (χ0n) is 9.45. The fraction of sp³-hybridized carbons (Fsp3) is 0.636. The van der Waals surface area contributed by atoms with Gasteiger partial charge in [-0.05, 0) is 32.8 Å². The standard InChI is InChI=1S/C11H17NO2S/c1-11(2,3)12-8-9-6-4-5-7-10(9)15(12,13)14/h4-5H,6-8H2,1-3H3. The molecule has 1 aliphatic carbocycles. The molecule has 0 fully saturated rings. The molecule has 0 atom stereocenters. The third kappa shape index (κ3) is 1.66. The summed E-state index contributed by atoms with van der Waals surface area (Å²) in [6, 6.07) is 0. The Morgan fingerprint density at radius 2 is 1.80 bits per heavy atom. The van der Waals surface area contributed by atoms with Gasteiger partial charge in [-0.1, -0.05) is 12.2 Å². The lowest BCUT2D eigenvalue weighted by Gasteiger charge is -2.30. The first-order valence-electron chi connectivity index (χ1n) is 5.22. The summed E-state index contributed by atoms with van der Waals surface area (Å²) in [5.41, 5.74) is 0.753. The Kier molecular flexibility index (Phi) is 2.32. The molecule has 1 aliphatic heterocycles. The summed E-state index contributed by atoms with van der Waals surface area (Å²) in [4.78, 5) is 0.639. The number of hydrogen-bond acceptors (Lipinski definition) is 2. The van der Waals surface area contributed by atoms with Crippen LogP contribution in [-0.4, -0.2) is 24.8 Å². The Bertz CT molecular complexity index is 438. The second-order valence-electron chi connectivity index (χ2n) is 5.09. The highest BCUT2D eigenvalue weighted by atomic mass is 32.2. The molecule has 0 bridgehead atoms. The molecule has 15 heavy (non-hydrogen) atoms. The Labute approximate surface area is 91.5 Å². The first kappa shape index (κ1) is 10.9. The molecular formula is C11H17NO2S. The molecule has 1 heterocycles. The summed E-state index contributed by atoms with van der Waals surface area (Å²) in [6.07, 6.45) is 5.37. The molecule has 0 saturated carbocycles. The first-order valence-corrected chi connectivity index (χ1v) is 6.66. The van der Waals surface area contributed by atoms with Crippen LogP contribution in [0.15, 0.2) is 22.6 Å². The van der Waals surface area contributed by atoms with Crippen LogP contribution in [-0.2, 0) is 10.0 Å². The Hall–Kier alpha value is -0.610. The second-order valence-corrected chi connectivity index (χ2v) is 6.97. The maximum atomic E-state index is 12.2. The lowest BCUT2D eigenvalue weighted by atomic mass is 10.0. The van der Waals surface area contributed by atoms with Crippen molar-refractivity contribution in [1.82, 2.24) is 4.31 Å². The normalized spacial score (nSPS) is 25.8. The van der Waals surface area contributed by atoms with E-state index in [2.05, 4.69) is 6.08 Å². The van der Waals surface area contributed by atoms with Crippen molar-refractivity contribution in [2.24, 2.45) is 0 Å². The number of hydrogen-bond donors (Lipinski definition) is 0. The van der Waals surface area contributed by atoms with Crippen LogP contribution in [0.1, 0.15) is 33.6 Å². The molecule has 0 amide bonds. The van der Waals surface area contributed by atoms with Crippen molar-refractivity contribution in [3.05, 3.63) is 22.6 Å². The Morgan fingerprint density at radius 1 is 1.20 bits per heavy atom. The van der Waals surface area contributed by atoms with Gasteiger partial charge in [-0.15, -0.1) is 0 Å². The molecule has 0 aromatic heterocycles. The molecule has 3 nitrogen and oxygen atoms in total. The van der Waals surface area contributed by atoms with Gasteiger partial charge in [-0.3, -0.25) is 0 Å². The summed E-state index contributed by atoms with van der Waals surface area (Å²) < 4.78 is 26.0. The third-order valence-electron chi connectivity index (χ3n) is 2.91. The number of nitrogens with zero attached hydrogens (tertiary/aromatic N) is 1. The minimum Gasteiger partial charge on any atom is -0.207 e. The van der Waals surface area contributed by atoms with Crippen LogP contribution in [0.5, 0.6) is 0 Å². The molecule has 2 aliphatic rings. The highest BCUT2D eigenvalue weighted by Crippen LogP contribution is 2.37.